The topological polar surface area (TPSA) is 55.3 Å². The minimum atomic E-state index is 0.593. The van der Waals surface area contributed by atoms with Gasteiger partial charge in [-0.3, -0.25) is 0 Å². The van der Waals surface area contributed by atoms with Crippen molar-refractivity contribution in [3.8, 4) is 0 Å². The molecule has 0 fully saturated rings. The Morgan fingerprint density at radius 1 is 1.36 bits per heavy atom. The zero-order valence-corrected chi connectivity index (χ0v) is 9.79. The fourth-order valence-corrected chi connectivity index (χ4v) is 1.35. The quantitative estimate of drug-likeness (QED) is 0.375. The Bertz CT molecular complexity index is 164. The van der Waals surface area contributed by atoms with Gasteiger partial charge in [-0.25, -0.2) is 5.84 Å². The van der Waals surface area contributed by atoms with Gasteiger partial charge < -0.3 is 10.7 Å². The van der Waals surface area contributed by atoms with Crippen molar-refractivity contribution in [3.63, 3.8) is 0 Å². The van der Waals surface area contributed by atoms with E-state index in [0.717, 1.165) is 25.1 Å². The second-order valence-corrected chi connectivity index (χ2v) is 4.25. The molecule has 0 aliphatic rings. The molecule has 14 heavy (non-hydrogen) atoms. The summed E-state index contributed by atoms with van der Waals surface area (Å²) in [6, 6.07) is 0. The third kappa shape index (κ3) is 7.92. The van der Waals surface area contributed by atoms with Gasteiger partial charge in [0, 0.05) is 18.4 Å². The van der Waals surface area contributed by atoms with Crippen LogP contribution >= 0.6 is 0 Å². The molecule has 0 rings (SSSR count). The summed E-state index contributed by atoms with van der Waals surface area (Å²) in [5.41, 5.74) is 6.69. The van der Waals surface area contributed by atoms with E-state index in [9.17, 15) is 0 Å². The fourth-order valence-electron chi connectivity index (χ4n) is 1.35. The van der Waals surface area contributed by atoms with Gasteiger partial charge in [0.2, 0.25) is 0 Å². The smallest absolute Gasteiger partial charge is 0.0343 e. The minimum absolute atomic E-state index is 0.593. The molecule has 3 nitrogen and oxygen atoms in total. The monoisotopic (exact) mass is 199 g/mol. The van der Waals surface area contributed by atoms with Crippen LogP contribution < -0.4 is 11.6 Å². The zero-order valence-electron chi connectivity index (χ0n) is 9.79. The largest absolute Gasteiger partial charge is 0.401 e. The molecule has 0 aliphatic carbocycles. The highest BCUT2D eigenvalue weighted by Crippen LogP contribution is 2.05. The molecule has 0 amide bonds. The first-order valence-corrected chi connectivity index (χ1v) is 5.53. The first kappa shape index (κ1) is 13.3. The van der Waals surface area contributed by atoms with E-state index in [1.54, 1.807) is 5.01 Å². The lowest BCUT2D eigenvalue weighted by molar-refractivity contribution is 0.374. The molecule has 0 radical (unpaired) electrons. The van der Waals surface area contributed by atoms with E-state index in [1.807, 2.05) is 6.20 Å². The normalized spacial score (nSPS) is 12.2. The number of hydrogen-bond donors (Lipinski definition) is 2. The van der Waals surface area contributed by atoms with Crippen molar-refractivity contribution in [3.05, 3.63) is 11.9 Å². The number of allylic oxidation sites excluding steroid dienone is 1. The van der Waals surface area contributed by atoms with Gasteiger partial charge in [0.1, 0.15) is 0 Å². The summed E-state index contributed by atoms with van der Waals surface area (Å²) in [6.07, 6.45) is 6.36. The zero-order chi connectivity index (χ0) is 11.0. The molecule has 0 aromatic carbocycles. The summed E-state index contributed by atoms with van der Waals surface area (Å²) in [5, 5.41) is 1.70. The molecule has 0 bridgehead atoms. The van der Waals surface area contributed by atoms with E-state index < -0.39 is 0 Å². The Kier molecular flexibility index (Phi) is 7.30. The van der Waals surface area contributed by atoms with Crippen molar-refractivity contribution in [1.29, 1.82) is 0 Å². The predicted octanol–water partition coefficient (Wildman–Crippen LogP) is 2.20. The summed E-state index contributed by atoms with van der Waals surface area (Å²) < 4.78 is 0. The summed E-state index contributed by atoms with van der Waals surface area (Å²) >= 11 is 0. The molecular weight excluding hydrogens is 174 g/mol. The van der Waals surface area contributed by atoms with Crippen LogP contribution in [0.15, 0.2) is 11.9 Å². The van der Waals surface area contributed by atoms with Crippen LogP contribution in [0.3, 0.4) is 0 Å². The predicted molar refractivity (Wildman–Crippen MR) is 62.1 cm³/mol. The SMILES string of the molecule is CCCCCN(N)/C=C(\N)CC(C)C. The van der Waals surface area contributed by atoms with Crippen LogP contribution in [0.5, 0.6) is 0 Å². The third-order valence-corrected chi connectivity index (χ3v) is 2.00. The molecule has 0 atom stereocenters. The van der Waals surface area contributed by atoms with Gasteiger partial charge in [0.15, 0.2) is 0 Å². The molecule has 0 aliphatic heterocycles. The molecule has 0 aromatic heterocycles. The lowest BCUT2D eigenvalue weighted by atomic mass is 10.1. The van der Waals surface area contributed by atoms with Crippen molar-refractivity contribution in [2.45, 2.75) is 46.5 Å². The Morgan fingerprint density at radius 2 is 2.00 bits per heavy atom. The Hall–Kier alpha value is -0.700. The summed E-state index contributed by atoms with van der Waals surface area (Å²) in [7, 11) is 0. The van der Waals surface area contributed by atoms with E-state index in [1.165, 1.54) is 12.8 Å². The van der Waals surface area contributed by atoms with Gasteiger partial charge in [-0.05, 0) is 18.8 Å². The second-order valence-electron chi connectivity index (χ2n) is 4.25. The van der Waals surface area contributed by atoms with E-state index in [-0.39, 0.29) is 0 Å². The maximum Gasteiger partial charge on any atom is 0.0343 e. The average Bonchev–Trinajstić information content (AvgIpc) is 2.02. The summed E-state index contributed by atoms with van der Waals surface area (Å²) in [4.78, 5) is 0. The Balaban J connectivity index is 3.71. The molecule has 3 heteroatoms. The van der Waals surface area contributed by atoms with Crippen molar-refractivity contribution in [2.24, 2.45) is 17.5 Å². The summed E-state index contributed by atoms with van der Waals surface area (Å²) in [6.45, 7) is 7.38. The fraction of sp³-hybridized carbons (Fsp3) is 0.818. The molecule has 0 heterocycles. The third-order valence-electron chi connectivity index (χ3n) is 2.00. The van der Waals surface area contributed by atoms with Crippen molar-refractivity contribution >= 4 is 0 Å². The van der Waals surface area contributed by atoms with Crippen LogP contribution in [0, 0.1) is 5.92 Å². The molecular formula is C11H25N3. The molecule has 0 unspecified atom stereocenters. The van der Waals surface area contributed by atoms with Gasteiger partial charge in [0.25, 0.3) is 0 Å². The average molecular weight is 199 g/mol. The lowest BCUT2D eigenvalue weighted by Crippen LogP contribution is -2.27. The first-order valence-electron chi connectivity index (χ1n) is 5.53. The van der Waals surface area contributed by atoms with Crippen molar-refractivity contribution < 1.29 is 0 Å². The number of rotatable bonds is 7. The van der Waals surface area contributed by atoms with Crippen LogP contribution in [0.2, 0.25) is 0 Å². The highest BCUT2D eigenvalue weighted by molar-refractivity contribution is 4.95. The van der Waals surface area contributed by atoms with E-state index in [0.29, 0.717) is 5.92 Å². The number of unbranched alkanes of at least 4 members (excludes halogenated alkanes) is 2. The van der Waals surface area contributed by atoms with Crippen LogP contribution in [-0.2, 0) is 0 Å². The van der Waals surface area contributed by atoms with Gasteiger partial charge >= 0.3 is 0 Å². The first-order chi connectivity index (χ1) is 6.56. The molecule has 0 saturated carbocycles. The lowest BCUT2D eigenvalue weighted by Gasteiger charge is -2.15. The van der Waals surface area contributed by atoms with E-state index in [4.69, 9.17) is 11.6 Å². The van der Waals surface area contributed by atoms with Crippen molar-refractivity contribution in [1.82, 2.24) is 5.01 Å². The maximum atomic E-state index is 5.82. The second kappa shape index (κ2) is 7.68. The molecule has 4 N–H and O–H groups in total. The van der Waals surface area contributed by atoms with Crippen LogP contribution in [-0.4, -0.2) is 11.6 Å². The van der Waals surface area contributed by atoms with E-state index >= 15 is 0 Å². The number of hydrazine groups is 1. The summed E-state index contributed by atoms with van der Waals surface area (Å²) in [5.74, 6) is 6.36. The van der Waals surface area contributed by atoms with Crippen LogP contribution in [0.4, 0.5) is 0 Å². The Morgan fingerprint density at radius 3 is 2.50 bits per heavy atom. The van der Waals surface area contributed by atoms with Crippen LogP contribution in [0.1, 0.15) is 46.5 Å². The van der Waals surface area contributed by atoms with Gasteiger partial charge in [-0.15, -0.1) is 0 Å². The minimum Gasteiger partial charge on any atom is -0.401 e. The standard InChI is InChI=1S/C11H25N3/c1-4-5-6-7-14(13)9-11(12)8-10(2)3/h9-10H,4-8,12-13H2,1-3H3/b11-9-. The number of hydrogen-bond acceptors (Lipinski definition) is 3. The highest BCUT2D eigenvalue weighted by Gasteiger charge is 1.98. The molecule has 0 saturated heterocycles. The van der Waals surface area contributed by atoms with Gasteiger partial charge in [-0.2, -0.15) is 0 Å². The van der Waals surface area contributed by atoms with E-state index in [2.05, 4.69) is 20.8 Å². The molecule has 84 valence electrons. The molecule has 0 aromatic rings. The maximum absolute atomic E-state index is 5.82. The molecule has 0 spiro atoms. The number of nitrogens with zero attached hydrogens (tertiary/aromatic N) is 1. The van der Waals surface area contributed by atoms with Crippen LogP contribution in [0.25, 0.3) is 0 Å². The van der Waals surface area contributed by atoms with Gasteiger partial charge in [0.05, 0.1) is 0 Å². The Labute approximate surface area is 88.1 Å². The number of nitrogens with two attached hydrogens (primary N) is 2. The van der Waals surface area contributed by atoms with Crippen molar-refractivity contribution in [2.75, 3.05) is 6.54 Å². The van der Waals surface area contributed by atoms with Gasteiger partial charge in [-0.1, -0.05) is 33.6 Å². The highest BCUT2D eigenvalue weighted by atomic mass is 15.4.